The third-order valence-electron chi connectivity index (χ3n) is 3.52. The predicted molar refractivity (Wildman–Crippen MR) is 85.8 cm³/mol. The van der Waals surface area contributed by atoms with Crippen LogP contribution >= 0.6 is 0 Å². The molecule has 2 aromatic rings. The third kappa shape index (κ3) is 3.43. The summed E-state index contributed by atoms with van der Waals surface area (Å²) in [4.78, 5) is 8.41. The lowest BCUT2D eigenvalue weighted by atomic mass is 10.2. The summed E-state index contributed by atoms with van der Waals surface area (Å²) < 4.78 is 31.8. The van der Waals surface area contributed by atoms with E-state index in [4.69, 9.17) is 4.74 Å². The Balaban J connectivity index is 1.61. The van der Waals surface area contributed by atoms with E-state index in [-0.39, 0.29) is 10.9 Å². The van der Waals surface area contributed by atoms with E-state index in [1.54, 1.807) is 42.7 Å². The predicted octanol–water partition coefficient (Wildman–Crippen LogP) is 1.36. The Labute approximate surface area is 135 Å². The molecule has 1 fully saturated rings. The number of nitrogens with one attached hydrogen (secondary N) is 1. The molecular weight excluding hydrogens is 316 g/mol. The van der Waals surface area contributed by atoms with Gasteiger partial charge in [0, 0.05) is 25.5 Å². The topological polar surface area (TPSA) is 84.4 Å². The smallest absolute Gasteiger partial charge is 0.243 e. The van der Waals surface area contributed by atoms with Gasteiger partial charge in [0.15, 0.2) is 0 Å². The van der Waals surface area contributed by atoms with Crippen LogP contribution in [0.2, 0.25) is 0 Å². The lowest BCUT2D eigenvalue weighted by Gasteiger charge is -2.38. The minimum Gasteiger partial charge on any atom is -0.494 e. The van der Waals surface area contributed by atoms with Gasteiger partial charge in [-0.1, -0.05) is 0 Å². The van der Waals surface area contributed by atoms with Gasteiger partial charge in [0.05, 0.1) is 17.5 Å². The Morgan fingerprint density at radius 3 is 2.48 bits per heavy atom. The van der Waals surface area contributed by atoms with E-state index in [0.29, 0.717) is 31.4 Å². The van der Waals surface area contributed by atoms with Gasteiger partial charge < -0.3 is 10.1 Å². The summed E-state index contributed by atoms with van der Waals surface area (Å²) in [7, 11) is -3.46. The number of rotatable bonds is 6. The molecule has 1 aromatic carbocycles. The number of hydrogen-bond donors (Lipinski definition) is 1. The van der Waals surface area contributed by atoms with Crippen molar-refractivity contribution in [3.8, 4) is 5.75 Å². The number of benzene rings is 1. The van der Waals surface area contributed by atoms with Gasteiger partial charge in [0.25, 0.3) is 0 Å². The van der Waals surface area contributed by atoms with Gasteiger partial charge in [-0.25, -0.2) is 18.4 Å². The number of ether oxygens (including phenoxy) is 1. The van der Waals surface area contributed by atoms with Crippen LogP contribution in [0.15, 0.2) is 47.6 Å². The highest BCUT2D eigenvalue weighted by Crippen LogP contribution is 2.24. The second-order valence-corrected chi connectivity index (χ2v) is 7.08. The van der Waals surface area contributed by atoms with Crippen LogP contribution in [0.1, 0.15) is 6.92 Å². The van der Waals surface area contributed by atoms with E-state index >= 15 is 0 Å². The van der Waals surface area contributed by atoms with E-state index in [2.05, 4.69) is 15.3 Å². The molecule has 1 N–H and O–H groups in total. The average molecular weight is 334 g/mol. The van der Waals surface area contributed by atoms with Gasteiger partial charge in [0.2, 0.25) is 16.0 Å². The van der Waals surface area contributed by atoms with E-state index in [0.717, 1.165) is 0 Å². The molecule has 1 saturated heterocycles. The van der Waals surface area contributed by atoms with Crippen molar-refractivity contribution in [2.24, 2.45) is 0 Å². The fourth-order valence-corrected chi connectivity index (χ4v) is 3.84. The van der Waals surface area contributed by atoms with Crippen LogP contribution in [0.4, 0.5) is 5.95 Å². The lowest BCUT2D eigenvalue weighted by Crippen LogP contribution is -2.56. The maximum absolute atomic E-state index is 12.5. The van der Waals surface area contributed by atoms with E-state index < -0.39 is 10.0 Å². The molecule has 0 atom stereocenters. The van der Waals surface area contributed by atoms with Crippen LogP contribution < -0.4 is 10.1 Å². The standard InChI is InChI=1S/C15H18N4O3S/c1-2-22-13-4-6-14(7-5-13)23(20,21)19-10-12(11-19)18-15-16-8-3-9-17-15/h3-9,12H,2,10-11H2,1H3,(H,16,17,18). The van der Waals surface area contributed by atoms with Crippen molar-refractivity contribution in [3.05, 3.63) is 42.7 Å². The lowest BCUT2D eigenvalue weighted by molar-refractivity contribution is 0.280. The fourth-order valence-electron chi connectivity index (χ4n) is 2.31. The first kappa shape index (κ1) is 15.7. The van der Waals surface area contributed by atoms with Gasteiger partial charge in [-0.05, 0) is 37.3 Å². The summed E-state index contributed by atoms with van der Waals surface area (Å²) in [5, 5.41) is 3.11. The second-order valence-electron chi connectivity index (χ2n) is 5.14. The number of aromatic nitrogens is 2. The molecule has 122 valence electrons. The first-order valence-corrected chi connectivity index (χ1v) is 8.80. The highest BCUT2D eigenvalue weighted by Gasteiger charge is 2.37. The molecule has 23 heavy (non-hydrogen) atoms. The number of sulfonamides is 1. The number of anilines is 1. The highest BCUT2D eigenvalue weighted by atomic mass is 32.2. The Bertz CT molecular complexity index is 744. The Morgan fingerprint density at radius 1 is 1.22 bits per heavy atom. The SMILES string of the molecule is CCOc1ccc(S(=O)(=O)N2CC(Nc3ncccn3)C2)cc1. The second kappa shape index (κ2) is 6.51. The summed E-state index contributed by atoms with van der Waals surface area (Å²) in [6.45, 7) is 3.23. The van der Waals surface area contributed by atoms with Crippen LogP contribution in [0.3, 0.4) is 0 Å². The van der Waals surface area contributed by atoms with Crippen molar-refractivity contribution in [3.63, 3.8) is 0 Å². The van der Waals surface area contributed by atoms with Gasteiger partial charge >= 0.3 is 0 Å². The normalized spacial score (nSPS) is 15.9. The Kier molecular flexibility index (Phi) is 4.44. The van der Waals surface area contributed by atoms with Crippen molar-refractivity contribution in [1.82, 2.24) is 14.3 Å². The number of hydrogen-bond acceptors (Lipinski definition) is 6. The summed E-state index contributed by atoms with van der Waals surface area (Å²) >= 11 is 0. The third-order valence-corrected chi connectivity index (χ3v) is 5.37. The maximum Gasteiger partial charge on any atom is 0.243 e. The summed E-state index contributed by atoms with van der Waals surface area (Å²) in [6, 6.07) is 8.24. The summed E-state index contributed by atoms with van der Waals surface area (Å²) in [6.07, 6.45) is 3.28. The average Bonchev–Trinajstić information content (AvgIpc) is 2.52. The first-order chi connectivity index (χ1) is 11.1. The monoisotopic (exact) mass is 334 g/mol. The zero-order valence-corrected chi connectivity index (χ0v) is 13.5. The van der Waals surface area contributed by atoms with Crippen LogP contribution in [0.5, 0.6) is 5.75 Å². The minimum absolute atomic E-state index is 0.0230. The van der Waals surface area contributed by atoms with E-state index in [9.17, 15) is 8.42 Å². The molecule has 1 aliphatic heterocycles. The largest absolute Gasteiger partial charge is 0.494 e. The van der Waals surface area contributed by atoms with Crippen molar-refractivity contribution < 1.29 is 13.2 Å². The molecule has 8 heteroatoms. The Hall–Kier alpha value is -2.19. The van der Waals surface area contributed by atoms with Crippen molar-refractivity contribution in [1.29, 1.82) is 0 Å². The molecule has 0 amide bonds. The van der Waals surface area contributed by atoms with Crippen molar-refractivity contribution >= 4 is 16.0 Å². The zero-order chi connectivity index (χ0) is 16.3. The number of nitrogens with zero attached hydrogens (tertiary/aromatic N) is 3. The molecule has 0 bridgehead atoms. The molecule has 0 saturated carbocycles. The summed E-state index contributed by atoms with van der Waals surface area (Å²) in [5.74, 6) is 1.17. The molecule has 7 nitrogen and oxygen atoms in total. The van der Waals surface area contributed by atoms with Crippen LogP contribution in [0, 0.1) is 0 Å². The van der Waals surface area contributed by atoms with Crippen LogP contribution in [-0.4, -0.2) is 48.4 Å². The Morgan fingerprint density at radius 2 is 1.87 bits per heavy atom. The van der Waals surface area contributed by atoms with Crippen LogP contribution in [0.25, 0.3) is 0 Å². The van der Waals surface area contributed by atoms with Gasteiger partial charge in [-0.3, -0.25) is 0 Å². The van der Waals surface area contributed by atoms with Crippen molar-refractivity contribution in [2.75, 3.05) is 25.0 Å². The van der Waals surface area contributed by atoms with Crippen molar-refractivity contribution in [2.45, 2.75) is 17.9 Å². The maximum atomic E-state index is 12.5. The molecule has 0 spiro atoms. The molecule has 0 radical (unpaired) electrons. The van der Waals surface area contributed by atoms with E-state index in [1.807, 2.05) is 6.92 Å². The molecule has 0 aliphatic carbocycles. The molecule has 0 unspecified atom stereocenters. The van der Waals surface area contributed by atoms with E-state index in [1.165, 1.54) is 4.31 Å². The van der Waals surface area contributed by atoms with Crippen LogP contribution in [-0.2, 0) is 10.0 Å². The quantitative estimate of drug-likeness (QED) is 0.859. The molecule has 3 rings (SSSR count). The van der Waals surface area contributed by atoms with Gasteiger partial charge in [-0.15, -0.1) is 0 Å². The summed E-state index contributed by atoms with van der Waals surface area (Å²) in [5.41, 5.74) is 0. The molecular formula is C15H18N4O3S. The minimum atomic E-state index is -3.46. The fraction of sp³-hybridized carbons (Fsp3) is 0.333. The highest BCUT2D eigenvalue weighted by molar-refractivity contribution is 7.89. The van der Waals surface area contributed by atoms with Gasteiger partial charge in [0.1, 0.15) is 5.75 Å². The molecule has 1 aliphatic rings. The molecule has 1 aromatic heterocycles. The first-order valence-electron chi connectivity index (χ1n) is 7.36. The molecule has 2 heterocycles. The van der Waals surface area contributed by atoms with Gasteiger partial charge in [-0.2, -0.15) is 4.31 Å². The zero-order valence-electron chi connectivity index (χ0n) is 12.7.